The van der Waals surface area contributed by atoms with E-state index in [0.717, 1.165) is 12.1 Å². The Balaban J connectivity index is 1.84. The van der Waals surface area contributed by atoms with Crippen molar-refractivity contribution in [3.63, 3.8) is 0 Å². The molecule has 0 heterocycles. The van der Waals surface area contributed by atoms with Gasteiger partial charge in [0.1, 0.15) is 0 Å². The van der Waals surface area contributed by atoms with Crippen molar-refractivity contribution in [1.29, 1.82) is 0 Å². The molecule has 2 aromatic carbocycles. The van der Waals surface area contributed by atoms with Crippen LogP contribution in [0.5, 0.6) is 0 Å². The first kappa shape index (κ1) is 18.2. The fourth-order valence-electron chi connectivity index (χ4n) is 1.79. The van der Waals surface area contributed by atoms with Crippen molar-refractivity contribution in [1.82, 2.24) is 0 Å². The Morgan fingerprint density at radius 1 is 1.04 bits per heavy atom. The maximum Gasteiger partial charge on any atom is 0.310 e. The van der Waals surface area contributed by atoms with Gasteiger partial charge in [-0.2, -0.15) is 0 Å². The van der Waals surface area contributed by atoms with Crippen LogP contribution < -0.4 is 5.32 Å². The summed E-state index contributed by atoms with van der Waals surface area (Å²) < 4.78 is 30.6. The molecule has 0 radical (unpaired) electrons. The molecule has 0 spiro atoms. The predicted molar refractivity (Wildman–Crippen MR) is 86.1 cm³/mol. The monoisotopic (exact) mass is 373 g/mol. The zero-order valence-corrected chi connectivity index (χ0v) is 13.6. The number of rotatable bonds is 5. The SMILES string of the molecule is O=C(COC(=O)Cc1ccc(Cl)cc1Cl)Nc1ccc(F)c(F)c1. The molecule has 0 aliphatic rings. The van der Waals surface area contributed by atoms with Gasteiger partial charge in [-0.05, 0) is 29.8 Å². The molecule has 4 nitrogen and oxygen atoms in total. The van der Waals surface area contributed by atoms with Gasteiger partial charge in [0.15, 0.2) is 18.2 Å². The second-order valence-electron chi connectivity index (χ2n) is 4.75. The van der Waals surface area contributed by atoms with Crippen LogP contribution in [0, 0.1) is 11.6 Å². The molecule has 8 heteroatoms. The molecule has 0 fully saturated rings. The number of esters is 1. The zero-order chi connectivity index (χ0) is 17.7. The van der Waals surface area contributed by atoms with E-state index < -0.39 is 30.1 Å². The van der Waals surface area contributed by atoms with Gasteiger partial charge in [0.25, 0.3) is 5.91 Å². The summed E-state index contributed by atoms with van der Waals surface area (Å²) in [6.07, 6.45) is -0.130. The molecule has 0 unspecified atom stereocenters. The second kappa shape index (κ2) is 8.08. The van der Waals surface area contributed by atoms with Crippen molar-refractivity contribution in [3.8, 4) is 0 Å². The molecule has 0 saturated carbocycles. The molecule has 2 rings (SSSR count). The highest BCUT2D eigenvalue weighted by atomic mass is 35.5. The first-order chi connectivity index (χ1) is 11.3. The average molecular weight is 374 g/mol. The van der Waals surface area contributed by atoms with E-state index in [1.807, 2.05) is 0 Å². The minimum atomic E-state index is -1.10. The van der Waals surface area contributed by atoms with Gasteiger partial charge in [-0.3, -0.25) is 9.59 Å². The Morgan fingerprint density at radius 2 is 1.79 bits per heavy atom. The Kier molecular flexibility index (Phi) is 6.11. The van der Waals surface area contributed by atoms with Crippen LogP contribution in [0.2, 0.25) is 10.0 Å². The van der Waals surface area contributed by atoms with Crippen molar-refractivity contribution in [2.45, 2.75) is 6.42 Å². The second-order valence-corrected chi connectivity index (χ2v) is 5.59. The van der Waals surface area contributed by atoms with Crippen molar-refractivity contribution in [2.24, 2.45) is 0 Å². The van der Waals surface area contributed by atoms with Gasteiger partial charge in [-0.1, -0.05) is 29.3 Å². The van der Waals surface area contributed by atoms with Crippen LogP contribution in [0.3, 0.4) is 0 Å². The maximum atomic E-state index is 13.0. The molecule has 1 amide bonds. The molecule has 2 aromatic rings. The summed E-state index contributed by atoms with van der Waals surface area (Å²) in [7, 11) is 0. The fraction of sp³-hybridized carbons (Fsp3) is 0.125. The molecule has 0 aliphatic heterocycles. The zero-order valence-electron chi connectivity index (χ0n) is 12.1. The summed E-state index contributed by atoms with van der Waals surface area (Å²) in [4.78, 5) is 23.3. The molecule has 0 bridgehead atoms. The van der Waals surface area contributed by atoms with E-state index in [1.165, 1.54) is 12.1 Å². The summed E-state index contributed by atoms with van der Waals surface area (Å²) in [6.45, 7) is -0.566. The van der Waals surface area contributed by atoms with E-state index in [0.29, 0.717) is 15.6 Å². The number of carbonyl (C=O) groups is 2. The number of ether oxygens (including phenoxy) is 1. The lowest BCUT2D eigenvalue weighted by Crippen LogP contribution is -2.21. The van der Waals surface area contributed by atoms with Crippen molar-refractivity contribution < 1.29 is 23.1 Å². The fourth-order valence-corrected chi connectivity index (χ4v) is 2.26. The lowest BCUT2D eigenvalue weighted by Gasteiger charge is -2.08. The van der Waals surface area contributed by atoms with Gasteiger partial charge in [0.2, 0.25) is 0 Å². The molecule has 0 aromatic heterocycles. The highest BCUT2D eigenvalue weighted by Gasteiger charge is 2.12. The molecular weight excluding hydrogens is 363 g/mol. The third-order valence-corrected chi connectivity index (χ3v) is 3.50. The Hall–Kier alpha value is -2.18. The van der Waals surface area contributed by atoms with E-state index in [4.69, 9.17) is 27.9 Å². The largest absolute Gasteiger partial charge is 0.455 e. The summed E-state index contributed by atoms with van der Waals surface area (Å²) in [5, 5.41) is 3.03. The number of benzene rings is 2. The molecular formula is C16H11Cl2F2NO3. The van der Waals surface area contributed by atoms with Gasteiger partial charge < -0.3 is 10.1 Å². The van der Waals surface area contributed by atoms with E-state index in [2.05, 4.69) is 5.32 Å². The van der Waals surface area contributed by atoms with Crippen molar-refractivity contribution in [3.05, 3.63) is 63.6 Å². The normalized spacial score (nSPS) is 10.3. The third-order valence-electron chi connectivity index (χ3n) is 2.92. The number of anilines is 1. The smallest absolute Gasteiger partial charge is 0.310 e. The molecule has 1 N–H and O–H groups in total. The highest BCUT2D eigenvalue weighted by Crippen LogP contribution is 2.21. The first-order valence-corrected chi connectivity index (χ1v) is 7.45. The number of nitrogens with one attached hydrogen (secondary N) is 1. The molecule has 0 saturated heterocycles. The van der Waals surface area contributed by atoms with E-state index in [-0.39, 0.29) is 12.1 Å². The standard InChI is InChI=1S/C16H11Cl2F2NO3/c17-10-2-1-9(12(18)6-10)5-16(23)24-8-15(22)21-11-3-4-13(19)14(20)7-11/h1-4,6-7H,5,8H2,(H,21,22). The number of amides is 1. The summed E-state index contributed by atoms with van der Waals surface area (Å²) in [6, 6.07) is 7.52. The van der Waals surface area contributed by atoms with Crippen molar-refractivity contribution >= 4 is 40.8 Å². The van der Waals surface area contributed by atoms with Crippen LogP contribution in [0.15, 0.2) is 36.4 Å². The van der Waals surface area contributed by atoms with Crippen LogP contribution in [-0.2, 0) is 20.7 Å². The Labute approximate surface area is 146 Å². The van der Waals surface area contributed by atoms with Gasteiger partial charge in [0, 0.05) is 21.8 Å². The number of hydrogen-bond donors (Lipinski definition) is 1. The van der Waals surface area contributed by atoms with Gasteiger partial charge in [-0.25, -0.2) is 8.78 Å². The molecule has 126 valence electrons. The van der Waals surface area contributed by atoms with Crippen LogP contribution >= 0.6 is 23.2 Å². The average Bonchev–Trinajstić information content (AvgIpc) is 2.52. The summed E-state index contributed by atoms with van der Waals surface area (Å²) in [5.74, 6) is -3.47. The number of carbonyl (C=O) groups excluding carboxylic acids is 2. The van der Waals surface area contributed by atoms with Crippen LogP contribution in [-0.4, -0.2) is 18.5 Å². The van der Waals surface area contributed by atoms with E-state index >= 15 is 0 Å². The van der Waals surface area contributed by atoms with E-state index in [9.17, 15) is 18.4 Å². The number of hydrogen-bond acceptors (Lipinski definition) is 3. The summed E-state index contributed by atoms with van der Waals surface area (Å²) >= 11 is 11.7. The third kappa shape index (κ3) is 5.18. The first-order valence-electron chi connectivity index (χ1n) is 6.69. The maximum absolute atomic E-state index is 13.0. The topological polar surface area (TPSA) is 55.4 Å². The summed E-state index contributed by atoms with van der Waals surface area (Å²) in [5.41, 5.74) is 0.558. The molecule has 0 aliphatic carbocycles. The number of halogens is 4. The van der Waals surface area contributed by atoms with Gasteiger partial charge >= 0.3 is 5.97 Å². The van der Waals surface area contributed by atoms with E-state index in [1.54, 1.807) is 12.1 Å². The lowest BCUT2D eigenvalue weighted by molar-refractivity contribution is -0.146. The predicted octanol–water partition coefficient (Wildman–Crippen LogP) is 4.00. The quantitative estimate of drug-likeness (QED) is 0.806. The van der Waals surface area contributed by atoms with Crippen LogP contribution in [0.4, 0.5) is 14.5 Å². The Bertz CT molecular complexity index is 784. The van der Waals surface area contributed by atoms with Crippen LogP contribution in [0.25, 0.3) is 0 Å². The van der Waals surface area contributed by atoms with Gasteiger partial charge in [0.05, 0.1) is 6.42 Å². The highest BCUT2D eigenvalue weighted by molar-refractivity contribution is 6.35. The lowest BCUT2D eigenvalue weighted by atomic mass is 10.1. The molecule has 0 atom stereocenters. The van der Waals surface area contributed by atoms with Crippen molar-refractivity contribution in [2.75, 3.05) is 11.9 Å². The minimum absolute atomic E-state index is 0.0516. The van der Waals surface area contributed by atoms with Crippen LogP contribution in [0.1, 0.15) is 5.56 Å². The van der Waals surface area contributed by atoms with Gasteiger partial charge in [-0.15, -0.1) is 0 Å². The Morgan fingerprint density at radius 3 is 2.46 bits per heavy atom. The molecule has 24 heavy (non-hydrogen) atoms. The minimum Gasteiger partial charge on any atom is -0.455 e.